The molecule has 0 atom stereocenters. The number of alkyl halides is 4. The Morgan fingerprint density at radius 1 is 1.29 bits per heavy atom. The quantitative estimate of drug-likeness (QED) is 0.652. The van der Waals surface area contributed by atoms with Crippen LogP contribution >= 0.6 is 15.9 Å². The molecule has 1 aromatic rings. The van der Waals surface area contributed by atoms with Gasteiger partial charge in [0.25, 0.3) is 0 Å². The highest BCUT2D eigenvalue weighted by Crippen LogP contribution is 2.32. The molecular formula is C10H10BrF4NO. The summed E-state index contributed by atoms with van der Waals surface area (Å²) < 4.78 is 52.5. The second-order valence-corrected chi connectivity index (χ2v) is 4.07. The zero-order valence-corrected chi connectivity index (χ0v) is 10.2. The Morgan fingerprint density at radius 3 is 2.59 bits per heavy atom. The van der Waals surface area contributed by atoms with Crippen LogP contribution in [0.5, 0.6) is 5.75 Å². The average molecular weight is 316 g/mol. The van der Waals surface area contributed by atoms with Gasteiger partial charge in [0.05, 0.1) is 12.4 Å². The summed E-state index contributed by atoms with van der Waals surface area (Å²) in [5.41, 5.74) is 0.180. The minimum absolute atomic E-state index is 0.180. The lowest BCUT2D eigenvalue weighted by Gasteiger charge is -2.14. The number of ether oxygens (including phenoxy) is 1. The van der Waals surface area contributed by atoms with E-state index in [2.05, 4.69) is 26.0 Å². The molecule has 96 valence electrons. The van der Waals surface area contributed by atoms with E-state index in [-0.39, 0.29) is 24.4 Å². The van der Waals surface area contributed by atoms with E-state index in [1.807, 2.05) is 0 Å². The monoisotopic (exact) mass is 315 g/mol. The van der Waals surface area contributed by atoms with Crippen molar-refractivity contribution >= 4 is 21.6 Å². The molecule has 1 N–H and O–H groups in total. The van der Waals surface area contributed by atoms with Crippen LogP contribution in [0.4, 0.5) is 23.2 Å². The third-order valence-electron chi connectivity index (χ3n) is 1.80. The number of hydrogen-bond acceptors (Lipinski definition) is 2. The Bertz CT molecular complexity index is 370. The third-order valence-corrected chi connectivity index (χ3v) is 2.29. The first-order chi connectivity index (χ1) is 7.92. The number of anilines is 1. The molecule has 0 saturated heterocycles. The summed E-state index contributed by atoms with van der Waals surface area (Å²) in [5, 5.41) is 2.68. The van der Waals surface area contributed by atoms with Crippen LogP contribution in [0.15, 0.2) is 22.7 Å². The molecule has 1 aromatic carbocycles. The third kappa shape index (κ3) is 5.25. The van der Waals surface area contributed by atoms with Gasteiger partial charge in [-0.15, -0.1) is 13.2 Å². The second-order valence-electron chi connectivity index (χ2n) is 3.16. The lowest BCUT2D eigenvalue weighted by molar-refractivity contribution is -0.274. The van der Waals surface area contributed by atoms with Gasteiger partial charge in [-0.2, -0.15) is 0 Å². The lowest BCUT2D eigenvalue weighted by Crippen LogP contribution is -2.18. The standard InChI is InChI=1S/C10H10BrF4NO/c11-7-2-3-8(16-5-1-4-12)9(6-7)17-10(13,14)15/h2-3,6,16H,1,4-5H2. The Kier molecular flexibility index (Phi) is 5.04. The molecular weight excluding hydrogens is 306 g/mol. The summed E-state index contributed by atoms with van der Waals surface area (Å²) in [5.74, 6) is -0.342. The van der Waals surface area contributed by atoms with E-state index in [9.17, 15) is 17.6 Å². The zero-order valence-electron chi connectivity index (χ0n) is 8.65. The number of halogens is 5. The van der Waals surface area contributed by atoms with Crippen LogP contribution < -0.4 is 10.1 Å². The molecule has 0 heterocycles. The Morgan fingerprint density at radius 2 is 2.00 bits per heavy atom. The van der Waals surface area contributed by atoms with Gasteiger partial charge in [0.2, 0.25) is 0 Å². The molecule has 0 spiro atoms. The van der Waals surface area contributed by atoms with Crippen molar-refractivity contribution in [3.8, 4) is 5.75 Å². The second kappa shape index (κ2) is 6.09. The summed E-state index contributed by atoms with van der Waals surface area (Å²) in [7, 11) is 0. The average Bonchev–Trinajstić information content (AvgIpc) is 2.19. The largest absolute Gasteiger partial charge is 0.573 e. The first-order valence-electron chi connectivity index (χ1n) is 4.77. The first kappa shape index (κ1) is 14.1. The van der Waals surface area contributed by atoms with Crippen LogP contribution in [-0.2, 0) is 0 Å². The normalized spacial score (nSPS) is 11.4. The predicted molar refractivity (Wildman–Crippen MR) is 59.9 cm³/mol. The minimum atomic E-state index is -4.75. The van der Waals surface area contributed by atoms with Crippen molar-refractivity contribution < 1.29 is 22.3 Å². The maximum absolute atomic E-state index is 12.1. The number of rotatable bonds is 5. The fraction of sp³-hybridized carbons (Fsp3) is 0.400. The first-order valence-corrected chi connectivity index (χ1v) is 5.57. The van der Waals surface area contributed by atoms with Crippen molar-refractivity contribution in [3.05, 3.63) is 22.7 Å². The summed E-state index contributed by atoms with van der Waals surface area (Å²) in [6.45, 7) is -0.286. The smallest absolute Gasteiger partial charge is 0.404 e. The Labute approximate surface area is 104 Å². The topological polar surface area (TPSA) is 21.3 Å². The summed E-state index contributed by atoms with van der Waals surface area (Å²) in [6, 6.07) is 4.20. The molecule has 0 amide bonds. The van der Waals surface area contributed by atoms with Crippen molar-refractivity contribution in [3.63, 3.8) is 0 Å². The Balaban J connectivity index is 2.80. The maximum atomic E-state index is 12.1. The summed E-state index contributed by atoms with van der Waals surface area (Å²) in [4.78, 5) is 0. The highest BCUT2D eigenvalue weighted by atomic mass is 79.9. The van der Waals surface area contributed by atoms with Gasteiger partial charge in [-0.3, -0.25) is 4.39 Å². The molecule has 0 aliphatic heterocycles. The number of nitrogens with one attached hydrogen (secondary N) is 1. The highest BCUT2D eigenvalue weighted by molar-refractivity contribution is 9.10. The van der Waals surface area contributed by atoms with Crippen LogP contribution in [0, 0.1) is 0 Å². The van der Waals surface area contributed by atoms with Gasteiger partial charge in [0, 0.05) is 11.0 Å². The molecule has 0 radical (unpaired) electrons. The molecule has 17 heavy (non-hydrogen) atoms. The van der Waals surface area contributed by atoms with Gasteiger partial charge < -0.3 is 10.1 Å². The molecule has 0 saturated carbocycles. The van der Waals surface area contributed by atoms with E-state index in [0.717, 1.165) is 0 Å². The number of benzene rings is 1. The maximum Gasteiger partial charge on any atom is 0.573 e. The van der Waals surface area contributed by atoms with Gasteiger partial charge in [-0.1, -0.05) is 15.9 Å². The van der Waals surface area contributed by atoms with Crippen molar-refractivity contribution in [1.82, 2.24) is 0 Å². The molecule has 7 heteroatoms. The highest BCUT2D eigenvalue weighted by Gasteiger charge is 2.32. The SMILES string of the molecule is FCCCNc1ccc(Br)cc1OC(F)(F)F. The molecule has 0 unspecified atom stereocenters. The van der Waals surface area contributed by atoms with E-state index in [1.54, 1.807) is 6.07 Å². The molecule has 0 aliphatic carbocycles. The minimum Gasteiger partial charge on any atom is -0.404 e. The van der Waals surface area contributed by atoms with Crippen LogP contribution in [0.25, 0.3) is 0 Å². The van der Waals surface area contributed by atoms with Crippen LogP contribution in [0.1, 0.15) is 6.42 Å². The van der Waals surface area contributed by atoms with E-state index in [4.69, 9.17) is 0 Å². The Hall–Kier alpha value is -0.980. The van der Waals surface area contributed by atoms with E-state index in [0.29, 0.717) is 4.47 Å². The van der Waals surface area contributed by atoms with Crippen LogP contribution in [0.2, 0.25) is 0 Å². The lowest BCUT2D eigenvalue weighted by atomic mass is 10.3. The molecule has 0 bridgehead atoms. The van der Waals surface area contributed by atoms with Gasteiger partial charge in [0.1, 0.15) is 0 Å². The fourth-order valence-corrected chi connectivity index (χ4v) is 1.48. The fourth-order valence-electron chi connectivity index (χ4n) is 1.14. The van der Waals surface area contributed by atoms with E-state index >= 15 is 0 Å². The molecule has 0 aliphatic rings. The van der Waals surface area contributed by atoms with Crippen LogP contribution in [0.3, 0.4) is 0 Å². The zero-order chi connectivity index (χ0) is 12.9. The molecule has 1 rings (SSSR count). The molecule has 0 aromatic heterocycles. The van der Waals surface area contributed by atoms with E-state index < -0.39 is 13.0 Å². The van der Waals surface area contributed by atoms with Gasteiger partial charge in [-0.05, 0) is 24.6 Å². The van der Waals surface area contributed by atoms with Gasteiger partial charge in [-0.25, -0.2) is 0 Å². The van der Waals surface area contributed by atoms with Gasteiger partial charge in [0.15, 0.2) is 5.75 Å². The van der Waals surface area contributed by atoms with Crippen LogP contribution in [-0.4, -0.2) is 19.6 Å². The van der Waals surface area contributed by atoms with Crippen molar-refractivity contribution in [2.24, 2.45) is 0 Å². The van der Waals surface area contributed by atoms with Crippen molar-refractivity contribution in [2.45, 2.75) is 12.8 Å². The number of hydrogen-bond donors (Lipinski definition) is 1. The van der Waals surface area contributed by atoms with E-state index in [1.165, 1.54) is 12.1 Å². The summed E-state index contributed by atoms with van der Waals surface area (Å²) in [6.07, 6.45) is -4.53. The molecule has 0 fully saturated rings. The van der Waals surface area contributed by atoms with Crippen molar-refractivity contribution in [2.75, 3.05) is 18.5 Å². The van der Waals surface area contributed by atoms with Crippen molar-refractivity contribution in [1.29, 1.82) is 0 Å². The predicted octanol–water partition coefficient (Wildman–Crippen LogP) is 4.12. The summed E-state index contributed by atoms with van der Waals surface area (Å²) >= 11 is 3.05. The molecule has 2 nitrogen and oxygen atoms in total. The van der Waals surface area contributed by atoms with Gasteiger partial charge >= 0.3 is 6.36 Å².